The monoisotopic (exact) mass is 529 g/mol. The van der Waals surface area contributed by atoms with Crippen molar-refractivity contribution in [2.24, 2.45) is 0 Å². The molecule has 0 aliphatic carbocycles. The van der Waals surface area contributed by atoms with Crippen molar-refractivity contribution in [1.82, 2.24) is 9.80 Å². The first kappa shape index (κ1) is 28.5. The molecule has 3 aromatic carbocycles. The van der Waals surface area contributed by atoms with Crippen molar-refractivity contribution < 1.29 is 14.3 Å². The summed E-state index contributed by atoms with van der Waals surface area (Å²) in [6.45, 7) is 17.0. The topological polar surface area (TPSA) is 45.2 Å². The average molecular weight is 530 g/mol. The Morgan fingerprint density at radius 3 is 2.18 bits per heavy atom. The predicted octanol–water partition coefficient (Wildman–Crippen LogP) is 6.34. The Balaban J connectivity index is 1.43. The molecule has 0 aromatic heterocycles. The molecule has 6 nitrogen and oxygen atoms in total. The van der Waals surface area contributed by atoms with Gasteiger partial charge in [-0.1, -0.05) is 12.1 Å². The molecule has 0 saturated carbocycles. The number of carbonyl (C=O) groups excluding carboxylic acids is 1. The molecule has 0 radical (unpaired) electrons. The van der Waals surface area contributed by atoms with Crippen LogP contribution < -0.4 is 14.4 Å². The van der Waals surface area contributed by atoms with Crippen LogP contribution in [0.15, 0.2) is 66.7 Å². The zero-order chi connectivity index (χ0) is 27.8. The second-order valence-corrected chi connectivity index (χ2v) is 10.3. The van der Waals surface area contributed by atoms with E-state index in [0.717, 1.165) is 74.0 Å². The van der Waals surface area contributed by atoms with Crippen molar-refractivity contribution in [3.63, 3.8) is 0 Å². The first-order valence-corrected chi connectivity index (χ1v) is 14.3. The summed E-state index contributed by atoms with van der Waals surface area (Å²) < 4.78 is 11.9. The van der Waals surface area contributed by atoms with E-state index in [-0.39, 0.29) is 12.0 Å². The highest BCUT2D eigenvalue weighted by molar-refractivity contribution is 5.94. The van der Waals surface area contributed by atoms with Gasteiger partial charge in [0.25, 0.3) is 5.91 Å². The van der Waals surface area contributed by atoms with E-state index in [2.05, 4.69) is 66.1 Å². The summed E-state index contributed by atoms with van der Waals surface area (Å²) in [5.41, 5.74) is 5.45. The molecule has 1 aliphatic heterocycles. The van der Waals surface area contributed by atoms with E-state index >= 15 is 0 Å². The van der Waals surface area contributed by atoms with Gasteiger partial charge in [-0.3, -0.25) is 9.69 Å². The molecule has 208 valence electrons. The molecular weight excluding hydrogens is 486 g/mol. The van der Waals surface area contributed by atoms with Gasteiger partial charge >= 0.3 is 0 Å². The maximum absolute atomic E-state index is 12.6. The number of carbonyl (C=O) groups is 1. The van der Waals surface area contributed by atoms with Gasteiger partial charge in [-0.15, -0.1) is 0 Å². The smallest absolute Gasteiger partial charge is 0.253 e. The minimum Gasteiger partial charge on any atom is -0.494 e. The number of hydrogen-bond acceptors (Lipinski definition) is 5. The summed E-state index contributed by atoms with van der Waals surface area (Å²) in [4.78, 5) is 19.4. The third-order valence-corrected chi connectivity index (χ3v) is 7.13. The lowest BCUT2D eigenvalue weighted by Crippen LogP contribution is -2.46. The molecule has 0 atom stereocenters. The van der Waals surface area contributed by atoms with Crippen LogP contribution in [0.4, 0.5) is 5.69 Å². The number of amides is 1. The Hall–Kier alpha value is -3.51. The van der Waals surface area contributed by atoms with Gasteiger partial charge in [0.2, 0.25) is 0 Å². The quantitative estimate of drug-likeness (QED) is 0.290. The summed E-state index contributed by atoms with van der Waals surface area (Å²) in [6, 6.07) is 22.9. The second-order valence-electron chi connectivity index (χ2n) is 10.3. The van der Waals surface area contributed by atoms with Crippen molar-refractivity contribution >= 4 is 11.6 Å². The SMILES string of the molecule is CCOc1cccc(-c2cc(CN3CCN(c4ccc(C(=O)N(CC)CC)cc4)CC3)cc(OC(C)C)c2)c1. The Labute approximate surface area is 234 Å². The number of nitrogens with zero attached hydrogens (tertiary/aromatic N) is 3. The van der Waals surface area contributed by atoms with Crippen molar-refractivity contribution in [1.29, 1.82) is 0 Å². The number of piperazine rings is 1. The molecule has 1 aliphatic rings. The first-order valence-electron chi connectivity index (χ1n) is 14.3. The largest absolute Gasteiger partial charge is 0.494 e. The first-order chi connectivity index (χ1) is 18.9. The van der Waals surface area contributed by atoms with Gasteiger partial charge < -0.3 is 19.3 Å². The maximum atomic E-state index is 12.6. The van der Waals surface area contributed by atoms with Crippen LogP contribution in [-0.2, 0) is 6.54 Å². The Bertz CT molecular complexity index is 1210. The van der Waals surface area contributed by atoms with Crippen LogP contribution in [0.2, 0.25) is 0 Å². The Morgan fingerprint density at radius 1 is 0.846 bits per heavy atom. The van der Waals surface area contributed by atoms with Gasteiger partial charge in [0.15, 0.2) is 0 Å². The fraction of sp³-hybridized carbons (Fsp3) is 0.424. The highest BCUT2D eigenvalue weighted by Gasteiger charge is 2.19. The fourth-order valence-corrected chi connectivity index (χ4v) is 5.12. The Morgan fingerprint density at radius 2 is 1.54 bits per heavy atom. The molecule has 3 aromatic rings. The predicted molar refractivity (Wildman–Crippen MR) is 160 cm³/mol. The number of anilines is 1. The van der Waals surface area contributed by atoms with E-state index in [0.29, 0.717) is 6.61 Å². The number of hydrogen-bond donors (Lipinski definition) is 0. The van der Waals surface area contributed by atoms with Gasteiger partial charge in [0, 0.05) is 57.1 Å². The third-order valence-electron chi connectivity index (χ3n) is 7.13. The molecule has 0 N–H and O–H groups in total. The zero-order valence-electron chi connectivity index (χ0n) is 24.2. The zero-order valence-corrected chi connectivity index (χ0v) is 24.2. The molecule has 39 heavy (non-hydrogen) atoms. The second kappa shape index (κ2) is 13.5. The third kappa shape index (κ3) is 7.54. The molecule has 0 spiro atoms. The molecule has 1 amide bonds. The lowest BCUT2D eigenvalue weighted by molar-refractivity contribution is 0.0773. The highest BCUT2D eigenvalue weighted by atomic mass is 16.5. The van der Waals surface area contributed by atoms with Crippen LogP contribution in [0.1, 0.15) is 50.5 Å². The molecular formula is C33H43N3O3. The molecule has 1 fully saturated rings. The minimum atomic E-state index is 0.101. The number of ether oxygens (including phenoxy) is 2. The van der Waals surface area contributed by atoms with E-state index in [1.165, 1.54) is 11.3 Å². The van der Waals surface area contributed by atoms with E-state index in [1.54, 1.807) is 0 Å². The summed E-state index contributed by atoms with van der Waals surface area (Å²) in [5, 5.41) is 0. The maximum Gasteiger partial charge on any atom is 0.253 e. The van der Waals surface area contributed by atoms with Crippen LogP contribution in [0.3, 0.4) is 0 Å². The van der Waals surface area contributed by atoms with Gasteiger partial charge in [-0.05, 0) is 106 Å². The average Bonchev–Trinajstić information content (AvgIpc) is 2.94. The van der Waals surface area contributed by atoms with Crippen LogP contribution in [0.25, 0.3) is 11.1 Å². The van der Waals surface area contributed by atoms with E-state index in [1.807, 2.05) is 49.9 Å². The molecule has 0 unspecified atom stereocenters. The van der Waals surface area contributed by atoms with Crippen molar-refractivity contribution in [3.8, 4) is 22.6 Å². The molecule has 0 bridgehead atoms. The summed E-state index contributed by atoms with van der Waals surface area (Å²) >= 11 is 0. The summed E-state index contributed by atoms with van der Waals surface area (Å²) in [5.74, 6) is 1.88. The summed E-state index contributed by atoms with van der Waals surface area (Å²) in [6.07, 6.45) is 0.111. The molecule has 6 heteroatoms. The Kier molecular flexibility index (Phi) is 9.88. The highest BCUT2D eigenvalue weighted by Crippen LogP contribution is 2.30. The lowest BCUT2D eigenvalue weighted by Gasteiger charge is -2.36. The van der Waals surface area contributed by atoms with E-state index in [4.69, 9.17) is 9.47 Å². The van der Waals surface area contributed by atoms with Crippen LogP contribution in [0.5, 0.6) is 11.5 Å². The van der Waals surface area contributed by atoms with Crippen LogP contribution in [0, 0.1) is 0 Å². The number of rotatable bonds is 11. The standard InChI is InChI=1S/C33H43N3O3/c1-6-35(7-2)33(37)27-12-14-30(15-13-27)36-18-16-34(17-19-36)24-26-20-29(23-32(21-26)39-25(4)5)28-10-9-11-31(22-28)38-8-3/h9-15,20-23,25H,6-8,16-19,24H2,1-5H3. The fourth-order valence-electron chi connectivity index (χ4n) is 5.12. The van der Waals surface area contributed by atoms with E-state index in [9.17, 15) is 4.79 Å². The van der Waals surface area contributed by atoms with Gasteiger partial charge in [0.1, 0.15) is 11.5 Å². The van der Waals surface area contributed by atoms with Crippen LogP contribution in [-0.4, -0.2) is 67.7 Å². The van der Waals surface area contributed by atoms with E-state index < -0.39 is 0 Å². The normalized spacial score (nSPS) is 13.9. The number of benzene rings is 3. The van der Waals surface area contributed by atoms with Crippen molar-refractivity contribution in [2.45, 2.75) is 47.3 Å². The minimum absolute atomic E-state index is 0.101. The molecule has 1 heterocycles. The molecule has 4 rings (SSSR count). The van der Waals surface area contributed by atoms with Gasteiger partial charge in [0.05, 0.1) is 12.7 Å². The van der Waals surface area contributed by atoms with Crippen molar-refractivity contribution in [2.75, 3.05) is 50.8 Å². The lowest BCUT2D eigenvalue weighted by atomic mass is 10.0. The summed E-state index contributed by atoms with van der Waals surface area (Å²) in [7, 11) is 0. The van der Waals surface area contributed by atoms with Crippen LogP contribution >= 0.6 is 0 Å². The van der Waals surface area contributed by atoms with Crippen molar-refractivity contribution in [3.05, 3.63) is 77.9 Å². The van der Waals surface area contributed by atoms with Gasteiger partial charge in [-0.2, -0.15) is 0 Å². The molecule has 1 saturated heterocycles. The van der Waals surface area contributed by atoms with Gasteiger partial charge in [-0.25, -0.2) is 0 Å².